The van der Waals surface area contributed by atoms with Crippen molar-refractivity contribution in [2.45, 2.75) is 32.3 Å². The number of methoxy groups -OCH3 is 1. The Balaban J connectivity index is 2.35. The Morgan fingerprint density at radius 3 is 2.58 bits per heavy atom. The van der Waals surface area contributed by atoms with Crippen molar-refractivity contribution in [3.8, 4) is 0 Å². The average Bonchev–Trinajstić information content (AvgIpc) is 2.83. The van der Waals surface area contributed by atoms with Crippen LogP contribution < -0.4 is 5.73 Å². The number of nitrogens with zero attached hydrogens (tertiary/aromatic N) is 1. The normalized spacial score (nSPS) is 19.8. The van der Waals surface area contributed by atoms with Crippen LogP contribution in [0.1, 0.15) is 26.7 Å². The molecule has 0 amide bonds. The largest absolute Gasteiger partial charge is 0.387 e. The molecule has 3 heteroatoms. The van der Waals surface area contributed by atoms with Crippen molar-refractivity contribution in [3.05, 3.63) is 0 Å². The fraction of sp³-hybridized carbons (Fsp3) is 0.889. The Morgan fingerprint density at radius 2 is 2.17 bits per heavy atom. The van der Waals surface area contributed by atoms with E-state index in [1.807, 2.05) is 13.8 Å². The monoisotopic (exact) mass is 170 g/mol. The van der Waals surface area contributed by atoms with E-state index in [1.165, 1.54) is 12.8 Å². The zero-order chi connectivity index (χ0) is 9.19. The first-order valence-corrected chi connectivity index (χ1v) is 4.40. The number of nitrogens with two attached hydrogens (primary N) is 1. The van der Waals surface area contributed by atoms with Gasteiger partial charge in [0.15, 0.2) is 0 Å². The van der Waals surface area contributed by atoms with Gasteiger partial charge in [0.05, 0.1) is 18.0 Å². The van der Waals surface area contributed by atoms with Crippen molar-refractivity contribution in [2.75, 3.05) is 13.7 Å². The maximum absolute atomic E-state index is 5.74. The van der Waals surface area contributed by atoms with Crippen molar-refractivity contribution in [1.29, 1.82) is 0 Å². The molecule has 0 spiro atoms. The predicted octanol–water partition coefficient (Wildman–Crippen LogP) is 1.18. The minimum atomic E-state index is -0.181. The summed E-state index contributed by atoms with van der Waals surface area (Å²) in [6.07, 6.45) is 2.42. The molecule has 0 saturated heterocycles. The van der Waals surface area contributed by atoms with Crippen LogP contribution in [0.15, 0.2) is 4.99 Å². The molecule has 0 heterocycles. The number of ether oxygens (including phenoxy) is 1. The molecular weight excluding hydrogens is 152 g/mol. The summed E-state index contributed by atoms with van der Waals surface area (Å²) in [5, 5.41) is 0. The van der Waals surface area contributed by atoms with Gasteiger partial charge in [0.25, 0.3) is 0 Å². The first-order valence-electron chi connectivity index (χ1n) is 4.40. The maximum Gasteiger partial charge on any atom is 0.0969 e. The highest BCUT2D eigenvalue weighted by molar-refractivity contribution is 5.84. The molecule has 0 bridgehead atoms. The van der Waals surface area contributed by atoms with Crippen LogP contribution in [0.3, 0.4) is 0 Å². The van der Waals surface area contributed by atoms with E-state index in [1.54, 1.807) is 7.11 Å². The smallest absolute Gasteiger partial charge is 0.0969 e. The summed E-state index contributed by atoms with van der Waals surface area (Å²) in [5.41, 5.74) is 5.55. The molecule has 3 nitrogen and oxygen atoms in total. The lowest BCUT2D eigenvalue weighted by Crippen LogP contribution is -2.28. The van der Waals surface area contributed by atoms with Crippen LogP contribution in [0.2, 0.25) is 0 Å². The van der Waals surface area contributed by atoms with Crippen LogP contribution in [-0.4, -0.2) is 25.1 Å². The average molecular weight is 170 g/mol. The summed E-state index contributed by atoms with van der Waals surface area (Å²) in [4.78, 5) is 4.30. The Morgan fingerprint density at radius 1 is 1.58 bits per heavy atom. The van der Waals surface area contributed by atoms with E-state index in [-0.39, 0.29) is 5.60 Å². The third kappa shape index (κ3) is 2.81. The highest BCUT2D eigenvalue weighted by atomic mass is 16.5. The summed E-state index contributed by atoms with van der Waals surface area (Å²) in [6.45, 7) is 4.68. The highest BCUT2D eigenvalue weighted by Gasteiger charge is 2.26. The number of aliphatic imine (C=N–C) groups is 1. The van der Waals surface area contributed by atoms with Crippen molar-refractivity contribution < 1.29 is 4.74 Å². The van der Waals surface area contributed by atoms with Crippen LogP contribution in [0.25, 0.3) is 0 Å². The Hall–Kier alpha value is -0.570. The van der Waals surface area contributed by atoms with E-state index < -0.39 is 0 Å². The molecule has 2 N–H and O–H groups in total. The Kier molecular flexibility index (Phi) is 2.73. The number of amidine groups is 1. The minimum Gasteiger partial charge on any atom is -0.387 e. The molecule has 1 aliphatic carbocycles. The second-order valence-electron chi connectivity index (χ2n) is 3.98. The van der Waals surface area contributed by atoms with E-state index >= 15 is 0 Å². The number of hydrogen-bond donors (Lipinski definition) is 1. The highest BCUT2D eigenvalue weighted by Crippen LogP contribution is 2.28. The van der Waals surface area contributed by atoms with Crippen LogP contribution in [0.5, 0.6) is 0 Å². The molecule has 1 rings (SSSR count). The van der Waals surface area contributed by atoms with Gasteiger partial charge in [-0.05, 0) is 26.7 Å². The maximum atomic E-state index is 5.74. The summed E-state index contributed by atoms with van der Waals surface area (Å²) in [5.74, 6) is 1.37. The van der Waals surface area contributed by atoms with Gasteiger partial charge in [-0.1, -0.05) is 0 Å². The Labute approximate surface area is 74.0 Å². The first kappa shape index (κ1) is 9.52. The second kappa shape index (κ2) is 3.44. The summed E-state index contributed by atoms with van der Waals surface area (Å²) in [7, 11) is 1.70. The van der Waals surface area contributed by atoms with Gasteiger partial charge in [0, 0.05) is 13.0 Å². The number of rotatable bonds is 4. The lowest BCUT2D eigenvalue weighted by molar-refractivity contribution is 0.0311. The molecule has 70 valence electrons. The summed E-state index contributed by atoms with van der Waals surface area (Å²) in [6, 6.07) is 0. The molecule has 1 aliphatic rings. The predicted molar refractivity (Wildman–Crippen MR) is 50.3 cm³/mol. The molecule has 0 aliphatic heterocycles. The molecule has 0 radical (unpaired) electrons. The standard InChI is InChI=1S/C9H18N2O/c1-9(2,12-3)6-11-8(10)7-4-5-7/h7H,4-6H2,1-3H3,(H2,10,11). The molecular formula is C9H18N2O. The third-order valence-corrected chi connectivity index (χ3v) is 2.19. The van der Waals surface area contributed by atoms with Crippen LogP contribution in [0.4, 0.5) is 0 Å². The molecule has 0 aromatic rings. The van der Waals surface area contributed by atoms with Gasteiger partial charge >= 0.3 is 0 Å². The van der Waals surface area contributed by atoms with Gasteiger partial charge < -0.3 is 10.5 Å². The van der Waals surface area contributed by atoms with E-state index in [9.17, 15) is 0 Å². The van der Waals surface area contributed by atoms with Crippen LogP contribution in [-0.2, 0) is 4.74 Å². The van der Waals surface area contributed by atoms with Crippen LogP contribution >= 0.6 is 0 Å². The van der Waals surface area contributed by atoms with Gasteiger partial charge in [-0.15, -0.1) is 0 Å². The minimum absolute atomic E-state index is 0.181. The fourth-order valence-corrected chi connectivity index (χ4v) is 0.854. The van der Waals surface area contributed by atoms with Gasteiger partial charge in [0.1, 0.15) is 0 Å². The van der Waals surface area contributed by atoms with Gasteiger partial charge in [-0.3, -0.25) is 4.99 Å². The molecule has 0 aromatic carbocycles. The SMILES string of the molecule is COC(C)(C)CN=C(N)C1CC1. The van der Waals surface area contributed by atoms with Gasteiger partial charge in [-0.2, -0.15) is 0 Å². The third-order valence-electron chi connectivity index (χ3n) is 2.19. The van der Waals surface area contributed by atoms with Crippen molar-refractivity contribution in [3.63, 3.8) is 0 Å². The molecule has 0 unspecified atom stereocenters. The number of hydrogen-bond acceptors (Lipinski definition) is 2. The van der Waals surface area contributed by atoms with Crippen molar-refractivity contribution in [1.82, 2.24) is 0 Å². The Bertz CT molecular complexity index is 183. The van der Waals surface area contributed by atoms with Crippen molar-refractivity contribution in [2.24, 2.45) is 16.6 Å². The fourth-order valence-electron chi connectivity index (χ4n) is 0.854. The van der Waals surface area contributed by atoms with Crippen molar-refractivity contribution >= 4 is 5.84 Å². The molecule has 1 fully saturated rings. The zero-order valence-electron chi connectivity index (χ0n) is 8.13. The lowest BCUT2D eigenvalue weighted by atomic mass is 10.1. The zero-order valence-corrected chi connectivity index (χ0v) is 8.13. The molecule has 12 heavy (non-hydrogen) atoms. The van der Waals surface area contributed by atoms with Gasteiger partial charge in [-0.25, -0.2) is 0 Å². The quantitative estimate of drug-likeness (QED) is 0.508. The molecule has 0 atom stereocenters. The van der Waals surface area contributed by atoms with E-state index in [4.69, 9.17) is 10.5 Å². The summed E-state index contributed by atoms with van der Waals surface area (Å²) >= 11 is 0. The van der Waals surface area contributed by atoms with E-state index in [0.717, 1.165) is 5.84 Å². The van der Waals surface area contributed by atoms with E-state index in [2.05, 4.69) is 4.99 Å². The van der Waals surface area contributed by atoms with Gasteiger partial charge in [0.2, 0.25) is 0 Å². The second-order valence-corrected chi connectivity index (χ2v) is 3.98. The lowest BCUT2D eigenvalue weighted by Gasteiger charge is -2.20. The van der Waals surface area contributed by atoms with Crippen LogP contribution in [0, 0.1) is 5.92 Å². The topological polar surface area (TPSA) is 47.6 Å². The molecule has 0 aromatic heterocycles. The molecule has 1 saturated carbocycles. The first-order chi connectivity index (χ1) is 5.55. The van der Waals surface area contributed by atoms with E-state index in [0.29, 0.717) is 12.5 Å². The summed E-state index contributed by atoms with van der Waals surface area (Å²) < 4.78 is 5.23.